The van der Waals surface area contributed by atoms with Gasteiger partial charge in [0.1, 0.15) is 17.1 Å². The Kier molecular flexibility index (Phi) is 7.56. The van der Waals surface area contributed by atoms with Crippen LogP contribution in [0.1, 0.15) is 22.8 Å². The molecule has 0 aliphatic heterocycles. The molecule has 2 aromatic carbocycles. The summed E-state index contributed by atoms with van der Waals surface area (Å²) in [6.07, 6.45) is 0.357. The normalized spacial score (nSPS) is 11.2. The maximum atomic E-state index is 12.4. The van der Waals surface area contributed by atoms with Gasteiger partial charge in [-0.1, -0.05) is 36.4 Å². The molecule has 1 N–H and O–H groups in total. The fourth-order valence-corrected chi connectivity index (χ4v) is 2.64. The predicted octanol–water partition coefficient (Wildman–Crippen LogP) is 2.18. The Balaban J connectivity index is 1.99. The maximum absolute atomic E-state index is 12.4. The summed E-state index contributed by atoms with van der Waals surface area (Å²) in [6.45, 7) is 0.873. The Hall–Kier alpha value is -3.35. The maximum Gasteiger partial charge on any atom is 0.346 e. The molecule has 0 spiro atoms. The average molecular weight is 385 g/mol. The van der Waals surface area contributed by atoms with E-state index in [4.69, 9.17) is 14.2 Å². The molecule has 0 unspecified atom stereocenters. The van der Waals surface area contributed by atoms with Gasteiger partial charge in [-0.25, -0.2) is 4.79 Å². The van der Waals surface area contributed by atoms with Crippen molar-refractivity contribution in [1.82, 2.24) is 5.32 Å². The van der Waals surface area contributed by atoms with Gasteiger partial charge in [-0.3, -0.25) is 9.59 Å². The Morgan fingerprint density at radius 3 is 2.07 bits per heavy atom. The van der Waals surface area contributed by atoms with Gasteiger partial charge in [0.25, 0.3) is 5.91 Å². The number of amides is 1. The largest absolute Gasteiger partial charge is 0.496 e. The minimum Gasteiger partial charge on any atom is -0.496 e. The molecule has 1 atom stereocenters. The second kappa shape index (κ2) is 10.1. The van der Waals surface area contributed by atoms with Crippen LogP contribution in [0.4, 0.5) is 0 Å². The Bertz CT molecular complexity index is 812. The number of benzene rings is 2. The Morgan fingerprint density at radius 1 is 0.929 bits per heavy atom. The number of hydrogen-bond donors (Lipinski definition) is 1. The second-order valence-corrected chi connectivity index (χ2v) is 6.03. The highest BCUT2D eigenvalue weighted by Crippen LogP contribution is 2.28. The lowest BCUT2D eigenvalue weighted by Crippen LogP contribution is -2.43. The molecule has 2 rings (SSSR count). The van der Waals surface area contributed by atoms with Gasteiger partial charge in [-0.2, -0.15) is 0 Å². The second-order valence-electron chi connectivity index (χ2n) is 6.03. The van der Waals surface area contributed by atoms with Crippen LogP contribution in [-0.4, -0.2) is 44.5 Å². The lowest BCUT2D eigenvalue weighted by Gasteiger charge is -2.16. The molecule has 0 aliphatic carbocycles. The number of carbonyl (C=O) groups is 3. The summed E-state index contributed by atoms with van der Waals surface area (Å²) in [4.78, 5) is 36.4. The van der Waals surface area contributed by atoms with Crippen LogP contribution in [0.2, 0.25) is 0 Å². The minimum atomic E-state index is -0.758. The van der Waals surface area contributed by atoms with E-state index in [9.17, 15) is 14.4 Å². The highest BCUT2D eigenvalue weighted by Gasteiger charge is 2.22. The molecule has 0 heterocycles. The van der Waals surface area contributed by atoms with Crippen LogP contribution in [-0.2, 0) is 20.7 Å². The van der Waals surface area contributed by atoms with Crippen LogP contribution >= 0.6 is 0 Å². The number of ketones is 1. The molecule has 0 saturated carbocycles. The van der Waals surface area contributed by atoms with E-state index in [0.717, 1.165) is 5.56 Å². The van der Waals surface area contributed by atoms with Gasteiger partial charge < -0.3 is 19.5 Å². The van der Waals surface area contributed by atoms with Gasteiger partial charge in [0, 0.05) is 0 Å². The quantitative estimate of drug-likeness (QED) is 0.666. The van der Waals surface area contributed by atoms with Gasteiger partial charge in [0.2, 0.25) is 0 Å². The lowest BCUT2D eigenvalue weighted by atomic mass is 10.0. The van der Waals surface area contributed by atoms with E-state index in [1.807, 2.05) is 30.3 Å². The van der Waals surface area contributed by atoms with Gasteiger partial charge in [-0.15, -0.1) is 0 Å². The topological polar surface area (TPSA) is 90.9 Å². The van der Waals surface area contributed by atoms with Crippen molar-refractivity contribution in [3.63, 3.8) is 0 Å². The van der Waals surface area contributed by atoms with E-state index in [-0.39, 0.29) is 22.8 Å². The minimum absolute atomic E-state index is 0.0905. The van der Waals surface area contributed by atoms with Gasteiger partial charge in [0.15, 0.2) is 12.4 Å². The number of Topliss-reactive ketones (excluding diaryl/α,β-unsaturated/α-hetero) is 1. The van der Waals surface area contributed by atoms with E-state index in [2.05, 4.69) is 5.32 Å². The summed E-state index contributed by atoms with van der Waals surface area (Å²) in [5, 5.41) is 2.60. The van der Waals surface area contributed by atoms with Crippen LogP contribution in [0.5, 0.6) is 11.5 Å². The monoisotopic (exact) mass is 385 g/mol. The molecule has 0 fully saturated rings. The summed E-state index contributed by atoms with van der Waals surface area (Å²) in [6, 6.07) is 13.5. The summed E-state index contributed by atoms with van der Waals surface area (Å²) >= 11 is 0. The number of nitrogens with one attached hydrogen (secondary N) is 1. The molecule has 0 aliphatic rings. The smallest absolute Gasteiger partial charge is 0.346 e. The van der Waals surface area contributed by atoms with Crippen LogP contribution in [0.15, 0.2) is 48.5 Å². The molecule has 0 radical (unpaired) electrons. The first-order chi connectivity index (χ1) is 13.5. The highest BCUT2D eigenvalue weighted by molar-refractivity contribution is 5.97. The van der Waals surface area contributed by atoms with Crippen molar-refractivity contribution in [3.8, 4) is 11.5 Å². The molecule has 0 saturated heterocycles. The van der Waals surface area contributed by atoms with Gasteiger partial charge >= 0.3 is 5.97 Å². The molecular weight excluding hydrogens is 362 g/mol. The Labute approximate surface area is 163 Å². The zero-order valence-electron chi connectivity index (χ0n) is 16.1. The number of esters is 1. The molecule has 0 bridgehead atoms. The molecule has 148 valence electrons. The average Bonchev–Trinajstić information content (AvgIpc) is 2.71. The number of ether oxygens (including phenoxy) is 3. The van der Waals surface area contributed by atoms with Crippen molar-refractivity contribution in [2.75, 3.05) is 20.8 Å². The predicted molar refractivity (Wildman–Crippen MR) is 103 cm³/mol. The summed E-state index contributed by atoms with van der Waals surface area (Å²) < 4.78 is 15.4. The van der Waals surface area contributed by atoms with Gasteiger partial charge in [0.05, 0.1) is 20.3 Å². The molecule has 2 aromatic rings. The summed E-state index contributed by atoms with van der Waals surface area (Å²) in [5.74, 6) is -0.967. The van der Waals surface area contributed by atoms with Crippen molar-refractivity contribution in [3.05, 3.63) is 59.7 Å². The zero-order valence-corrected chi connectivity index (χ0v) is 16.1. The van der Waals surface area contributed by atoms with Crippen molar-refractivity contribution in [1.29, 1.82) is 0 Å². The SMILES string of the molecule is COc1cccc(OC)c1C(=O)OCC(=O)N[C@@H](Cc1ccccc1)C(C)=O. The fraction of sp³-hybridized carbons (Fsp3) is 0.286. The Morgan fingerprint density at radius 2 is 1.54 bits per heavy atom. The zero-order chi connectivity index (χ0) is 20.5. The number of carbonyl (C=O) groups excluding carboxylic acids is 3. The first-order valence-corrected chi connectivity index (χ1v) is 8.68. The van der Waals surface area contributed by atoms with E-state index in [1.165, 1.54) is 21.1 Å². The van der Waals surface area contributed by atoms with E-state index < -0.39 is 24.5 Å². The highest BCUT2D eigenvalue weighted by atomic mass is 16.5. The molecule has 7 heteroatoms. The van der Waals surface area contributed by atoms with Crippen LogP contribution in [0.25, 0.3) is 0 Å². The van der Waals surface area contributed by atoms with E-state index in [0.29, 0.717) is 6.42 Å². The summed E-state index contributed by atoms with van der Waals surface area (Å²) in [7, 11) is 2.83. The first-order valence-electron chi connectivity index (χ1n) is 8.68. The van der Waals surface area contributed by atoms with E-state index >= 15 is 0 Å². The van der Waals surface area contributed by atoms with Crippen LogP contribution in [0.3, 0.4) is 0 Å². The first kappa shape index (κ1) is 21.0. The standard InChI is InChI=1S/C21H23NO6/c1-14(23)16(12-15-8-5-4-6-9-15)22-19(24)13-28-21(25)20-17(26-2)10-7-11-18(20)27-3/h4-11,16H,12-13H2,1-3H3,(H,22,24)/t16-/m0/s1. The third-order valence-corrected chi connectivity index (χ3v) is 4.07. The number of rotatable bonds is 9. The summed E-state index contributed by atoms with van der Waals surface area (Å²) in [5.41, 5.74) is 1.01. The van der Waals surface area contributed by atoms with Crippen LogP contribution in [0, 0.1) is 0 Å². The van der Waals surface area contributed by atoms with Crippen molar-refractivity contribution < 1.29 is 28.6 Å². The fourth-order valence-electron chi connectivity index (χ4n) is 2.64. The number of methoxy groups -OCH3 is 2. The van der Waals surface area contributed by atoms with Crippen molar-refractivity contribution >= 4 is 17.7 Å². The third kappa shape index (κ3) is 5.57. The molecule has 28 heavy (non-hydrogen) atoms. The third-order valence-electron chi connectivity index (χ3n) is 4.07. The molecule has 1 amide bonds. The molecule has 7 nitrogen and oxygen atoms in total. The lowest BCUT2D eigenvalue weighted by molar-refractivity contribution is -0.128. The number of hydrogen-bond acceptors (Lipinski definition) is 6. The van der Waals surface area contributed by atoms with Crippen molar-refractivity contribution in [2.24, 2.45) is 0 Å². The molecule has 0 aromatic heterocycles. The molecular formula is C21H23NO6. The van der Waals surface area contributed by atoms with E-state index in [1.54, 1.807) is 18.2 Å². The van der Waals surface area contributed by atoms with Crippen LogP contribution < -0.4 is 14.8 Å². The van der Waals surface area contributed by atoms with Gasteiger partial charge in [-0.05, 0) is 31.0 Å². The van der Waals surface area contributed by atoms with Crippen molar-refractivity contribution in [2.45, 2.75) is 19.4 Å².